The van der Waals surface area contributed by atoms with Crippen LogP contribution in [-0.2, 0) is 0 Å². The van der Waals surface area contributed by atoms with Crippen molar-refractivity contribution in [2.24, 2.45) is 5.92 Å². The van der Waals surface area contributed by atoms with Gasteiger partial charge in [-0.25, -0.2) is 0 Å². The van der Waals surface area contributed by atoms with Gasteiger partial charge in [0.05, 0.1) is 0 Å². The molecule has 1 aliphatic heterocycles. The summed E-state index contributed by atoms with van der Waals surface area (Å²) in [5.74, 6) is 1.59. The molecule has 1 aliphatic carbocycles. The second kappa shape index (κ2) is 4.93. The van der Waals surface area contributed by atoms with E-state index in [-0.39, 0.29) is 0 Å². The van der Waals surface area contributed by atoms with Gasteiger partial charge >= 0.3 is 0 Å². The lowest BCUT2D eigenvalue weighted by Crippen LogP contribution is -2.35. The molecule has 1 heterocycles. The highest BCUT2D eigenvalue weighted by Gasteiger charge is 2.33. The third kappa shape index (κ3) is 2.03. The van der Waals surface area contributed by atoms with Gasteiger partial charge < -0.3 is 10.2 Å². The van der Waals surface area contributed by atoms with E-state index in [0.717, 1.165) is 5.92 Å². The SMILES string of the molecule is CNC(C)C1CN(CC2CCC2)c2ccccc21. The van der Waals surface area contributed by atoms with E-state index >= 15 is 0 Å². The van der Waals surface area contributed by atoms with Crippen LogP contribution in [0.5, 0.6) is 0 Å². The molecule has 1 saturated carbocycles. The second-order valence-corrected chi connectivity index (χ2v) is 5.94. The van der Waals surface area contributed by atoms with Crippen LogP contribution >= 0.6 is 0 Å². The summed E-state index contributed by atoms with van der Waals surface area (Å²) in [6.07, 6.45) is 4.31. The number of para-hydroxylation sites is 1. The first kappa shape index (κ1) is 12.0. The predicted octanol–water partition coefficient (Wildman–Crippen LogP) is 3.00. The fraction of sp³-hybridized carbons (Fsp3) is 0.625. The maximum Gasteiger partial charge on any atom is 0.0403 e. The molecule has 1 N–H and O–H groups in total. The first-order valence-corrected chi connectivity index (χ1v) is 7.30. The Kier molecular flexibility index (Phi) is 3.29. The lowest BCUT2D eigenvalue weighted by Gasteiger charge is -2.32. The molecular formula is C16H24N2. The fourth-order valence-corrected chi connectivity index (χ4v) is 3.31. The van der Waals surface area contributed by atoms with Crippen LogP contribution in [0.15, 0.2) is 24.3 Å². The smallest absolute Gasteiger partial charge is 0.0403 e. The molecule has 2 aliphatic rings. The van der Waals surface area contributed by atoms with Crippen LogP contribution in [-0.4, -0.2) is 26.2 Å². The summed E-state index contributed by atoms with van der Waals surface area (Å²) >= 11 is 0. The molecule has 1 fully saturated rings. The Morgan fingerprint density at radius 2 is 2.11 bits per heavy atom. The Bertz CT molecular complexity index is 411. The summed E-state index contributed by atoms with van der Waals surface area (Å²) in [4.78, 5) is 2.62. The monoisotopic (exact) mass is 244 g/mol. The molecule has 2 heteroatoms. The summed E-state index contributed by atoms with van der Waals surface area (Å²) in [5, 5.41) is 3.42. The van der Waals surface area contributed by atoms with Gasteiger partial charge in [0.25, 0.3) is 0 Å². The summed E-state index contributed by atoms with van der Waals surface area (Å²) in [5.41, 5.74) is 3.02. The second-order valence-electron chi connectivity index (χ2n) is 5.94. The summed E-state index contributed by atoms with van der Waals surface area (Å²) in [7, 11) is 2.07. The Hall–Kier alpha value is -1.02. The van der Waals surface area contributed by atoms with E-state index < -0.39 is 0 Å². The van der Waals surface area contributed by atoms with Gasteiger partial charge in [-0.1, -0.05) is 24.6 Å². The molecule has 98 valence electrons. The normalized spacial score (nSPS) is 24.8. The molecule has 3 rings (SSSR count). The molecule has 0 aromatic heterocycles. The van der Waals surface area contributed by atoms with E-state index in [1.54, 1.807) is 5.56 Å². The van der Waals surface area contributed by atoms with E-state index in [9.17, 15) is 0 Å². The van der Waals surface area contributed by atoms with E-state index in [1.807, 2.05) is 0 Å². The molecule has 18 heavy (non-hydrogen) atoms. The number of likely N-dealkylation sites (N-methyl/N-ethyl adjacent to an activating group) is 1. The number of rotatable bonds is 4. The van der Waals surface area contributed by atoms with Gasteiger partial charge in [0.2, 0.25) is 0 Å². The highest BCUT2D eigenvalue weighted by atomic mass is 15.2. The van der Waals surface area contributed by atoms with Crippen LogP contribution < -0.4 is 10.2 Å². The van der Waals surface area contributed by atoms with Gasteiger partial charge in [0.15, 0.2) is 0 Å². The van der Waals surface area contributed by atoms with Gasteiger partial charge in [-0.05, 0) is 44.4 Å². The number of fused-ring (bicyclic) bond motifs is 1. The van der Waals surface area contributed by atoms with Crippen LogP contribution in [0, 0.1) is 5.92 Å². The molecule has 1 aromatic carbocycles. The molecule has 0 radical (unpaired) electrons. The average molecular weight is 244 g/mol. The summed E-state index contributed by atoms with van der Waals surface area (Å²) < 4.78 is 0. The zero-order valence-corrected chi connectivity index (χ0v) is 11.5. The number of nitrogens with one attached hydrogen (secondary N) is 1. The number of hydrogen-bond acceptors (Lipinski definition) is 2. The third-order valence-electron chi connectivity index (χ3n) is 4.86. The third-order valence-corrected chi connectivity index (χ3v) is 4.86. The average Bonchev–Trinajstić information content (AvgIpc) is 2.72. The van der Waals surface area contributed by atoms with Crippen molar-refractivity contribution in [1.82, 2.24) is 5.32 Å². The Morgan fingerprint density at radius 3 is 2.78 bits per heavy atom. The van der Waals surface area contributed by atoms with E-state index in [1.165, 1.54) is 38.0 Å². The van der Waals surface area contributed by atoms with Crippen molar-refractivity contribution >= 4 is 5.69 Å². The standard InChI is InChI=1S/C16H24N2/c1-12(17-2)15-11-18(10-13-6-5-7-13)16-9-4-3-8-14(15)16/h3-4,8-9,12-13,15,17H,5-7,10-11H2,1-2H3. The van der Waals surface area contributed by atoms with Crippen LogP contribution in [0.4, 0.5) is 5.69 Å². The van der Waals surface area contributed by atoms with Crippen LogP contribution in [0.2, 0.25) is 0 Å². The number of anilines is 1. The molecule has 2 unspecified atom stereocenters. The molecule has 0 amide bonds. The first-order chi connectivity index (χ1) is 8.79. The number of hydrogen-bond donors (Lipinski definition) is 1. The molecule has 0 bridgehead atoms. The van der Waals surface area contributed by atoms with Crippen LogP contribution in [0.3, 0.4) is 0 Å². The highest BCUT2D eigenvalue weighted by Crippen LogP contribution is 2.40. The van der Waals surface area contributed by atoms with Gasteiger partial charge in [0, 0.05) is 30.7 Å². The van der Waals surface area contributed by atoms with Crippen molar-refractivity contribution in [2.75, 3.05) is 25.0 Å². The maximum atomic E-state index is 3.42. The minimum atomic E-state index is 0.553. The topological polar surface area (TPSA) is 15.3 Å². The Balaban J connectivity index is 1.81. The van der Waals surface area contributed by atoms with Crippen LogP contribution in [0.25, 0.3) is 0 Å². The lowest BCUT2D eigenvalue weighted by atomic mass is 9.85. The lowest BCUT2D eigenvalue weighted by molar-refractivity contribution is 0.317. The van der Waals surface area contributed by atoms with Crippen molar-refractivity contribution in [3.63, 3.8) is 0 Å². The van der Waals surface area contributed by atoms with Gasteiger partial charge in [-0.2, -0.15) is 0 Å². The Morgan fingerprint density at radius 1 is 1.33 bits per heavy atom. The van der Waals surface area contributed by atoms with Crippen molar-refractivity contribution in [3.8, 4) is 0 Å². The van der Waals surface area contributed by atoms with Crippen molar-refractivity contribution in [1.29, 1.82) is 0 Å². The van der Waals surface area contributed by atoms with Crippen molar-refractivity contribution in [2.45, 2.75) is 38.1 Å². The highest BCUT2D eigenvalue weighted by molar-refractivity contribution is 5.60. The van der Waals surface area contributed by atoms with Crippen molar-refractivity contribution < 1.29 is 0 Å². The molecule has 2 nitrogen and oxygen atoms in total. The molecule has 0 spiro atoms. The van der Waals surface area contributed by atoms with Crippen LogP contribution in [0.1, 0.15) is 37.7 Å². The molecular weight excluding hydrogens is 220 g/mol. The first-order valence-electron chi connectivity index (χ1n) is 7.30. The van der Waals surface area contributed by atoms with Crippen molar-refractivity contribution in [3.05, 3.63) is 29.8 Å². The van der Waals surface area contributed by atoms with Gasteiger partial charge in [-0.15, -0.1) is 0 Å². The zero-order chi connectivity index (χ0) is 12.5. The molecule has 0 saturated heterocycles. The minimum absolute atomic E-state index is 0.553. The van der Waals surface area contributed by atoms with Gasteiger partial charge in [-0.3, -0.25) is 0 Å². The maximum absolute atomic E-state index is 3.42. The number of nitrogens with zero attached hydrogens (tertiary/aromatic N) is 1. The minimum Gasteiger partial charge on any atom is -0.370 e. The predicted molar refractivity (Wildman–Crippen MR) is 77.3 cm³/mol. The van der Waals surface area contributed by atoms with E-state index in [4.69, 9.17) is 0 Å². The van der Waals surface area contributed by atoms with Gasteiger partial charge in [0.1, 0.15) is 0 Å². The molecule has 2 atom stereocenters. The quantitative estimate of drug-likeness (QED) is 0.876. The fourth-order valence-electron chi connectivity index (χ4n) is 3.31. The van der Waals surface area contributed by atoms with E-state index in [0.29, 0.717) is 12.0 Å². The summed E-state index contributed by atoms with van der Waals surface area (Å²) in [6.45, 7) is 4.76. The van der Waals surface area contributed by atoms with E-state index in [2.05, 4.69) is 48.5 Å². The largest absolute Gasteiger partial charge is 0.370 e. The number of benzene rings is 1. The zero-order valence-electron chi connectivity index (χ0n) is 11.5. The molecule has 1 aromatic rings. The summed E-state index contributed by atoms with van der Waals surface area (Å²) in [6, 6.07) is 9.53. The Labute approximate surface area is 110 Å².